The first-order valence-corrected chi connectivity index (χ1v) is 9.03. The second-order valence-corrected chi connectivity index (χ2v) is 6.98. The predicted molar refractivity (Wildman–Crippen MR) is 91.6 cm³/mol. The SMILES string of the molecule is COc1ccc(S(=O)(=O)NCCOc2ccc(F)cc2Cl)c(OC)c1. The number of ether oxygens (including phenoxy) is 3. The molecule has 2 aromatic carbocycles. The zero-order valence-electron chi connectivity index (χ0n) is 13.6. The molecule has 0 aliphatic carbocycles. The van der Waals surface area contributed by atoms with Gasteiger partial charge in [-0.25, -0.2) is 17.5 Å². The first-order chi connectivity index (χ1) is 11.9. The molecule has 0 saturated carbocycles. The molecule has 0 bridgehead atoms. The van der Waals surface area contributed by atoms with Gasteiger partial charge in [-0.3, -0.25) is 0 Å². The van der Waals surface area contributed by atoms with Crippen molar-refractivity contribution >= 4 is 21.6 Å². The number of methoxy groups -OCH3 is 2. The van der Waals surface area contributed by atoms with Gasteiger partial charge < -0.3 is 14.2 Å². The second kappa shape index (κ2) is 8.37. The molecule has 0 spiro atoms. The lowest BCUT2D eigenvalue weighted by atomic mass is 10.3. The number of halogens is 2. The summed E-state index contributed by atoms with van der Waals surface area (Å²) in [5.41, 5.74) is 0. The van der Waals surface area contributed by atoms with Crippen LogP contribution in [0, 0.1) is 5.82 Å². The summed E-state index contributed by atoms with van der Waals surface area (Å²) in [6, 6.07) is 8.07. The molecule has 0 aromatic heterocycles. The van der Waals surface area contributed by atoms with E-state index in [1.54, 1.807) is 0 Å². The van der Waals surface area contributed by atoms with E-state index in [0.29, 0.717) is 5.75 Å². The van der Waals surface area contributed by atoms with E-state index in [-0.39, 0.29) is 34.6 Å². The molecule has 0 atom stereocenters. The summed E-state index contributed by atoms with van der Waals surface area (Å²) >= 11 is 5.83. The monoisotopic (exact) mass is 389 g/mol. The summed E-state index contributed by atoms with van der Waals surface area (Å²) in [4.78, 5) is -0.0179. The van der Waals surface area contributed by atoms with Crippen LogP contribution in [0.25, 0.3) is 0 Å². The van der Waals surface area contributed by atoms with Gasteiger partial charge in [-0.15, -0.1) is 0 Å². The van der Waals surface area contributed by atoms with Gasteiger partial charge in [0, 0.05) is 12.6 Å². The molecule has 2 aromatic rings. The second-order valence-electron chi connectivity index (χ2n) is 4.84. The zero-order chi connectivity index (χ0) is 18.4. The molecule has 9 heteroatoms. The van der Waals surface area contributed by atoms with Gasteiger partial charge in [-0.1, -0.05) is 11.6 Å². The molecular formula is C16H17ClFNO5S. The molecule has 0 fully saturated rings. The largest absolute Gasteiger partial charge is 0.497 e. The Morgan fingerprint density at radius 2 is 1.84 bits per heavy atom. The fraction of sp³-hybridized carbons (Fsp3) is 0.250. The van der Waals surface area contributed by atoms with Crippen molar-refractivity contribution in [2.75, 3.05) is 27.4 Å². The Morgan fingerprint density at radius 3 is 2.48 bits per heavy atom. The Hall–Kier alpha value is -2.03. The standard InChI is InChI=1S/C16H17ClFNO5S/c1-22-12-4-6-16(15(10-12)23-2)25(20,21)19-7-8-24-14-5-3-11(18)9-13(14)17/h3-6,9-10,19H,7-8H2,1-2H3. The molecular weight excluding hydrogens is 373 g/mol. The van der Waals surface area contributed by atoms with Crippen LogP contribution in [0.15, 0.2) is 41.3 Å². The maximum absolute atomic E-state index is 13.0. The molecule has 2 rings (SSSR count). The van der Waals surface area contributed by atoms with Gasteiger partial charge in [0.25, 0.3) is 0 Å². The van der Waals surface area contributed by atoms with Crippen LogP contribution in [-0.4, -0.2) is 35.8 Å². The number of sulfonamides is 1. The predicted octanol–water partition coefficient (Wildman–Crippen LogP) is 2.85. The third-order valence-corrected chi connectivity index (χ3v) is 5.00. The molecule has 0 aliphatic rings. The van der Waals surface area contributed by atoms with Crippen LogP contribution in [0.1, 0.15) is 0 Å². The van der Waals surface area contributed by atoms with Crippen molar-refractivity contribution < 1.29 is 27.0 Å². The zero-order valence-corrected chi connectivity index (χ0v) is 15.2. The van der Waals surface area contributed by atoms with Crippen LogP contribution < -0.4 is 18.9 Å². The Labute approximate surface area is 150 Å². The van der Waals surface area contributed by atoms with E-state index in [4.69, 9.17) is 25.8 Å². The molecule has 0 unspecified atom stereocenters. The Bertz CT molecular complexity index is 844. The molecule has 0 aliphatic heterocycles. The highest BCUT2D eigenvalue weighted by Crippen LogP contribution is 2.28. The summed E-state index contributed by atoms with van der Waals surface area (Å²) in [6.07, 6.45) is 0. The van der Waals surface area contributed by atoms with Crippen molar-refractivity contribution in [2.45, 2.75) is 4.90 Å². The summed E-state index contributed by atoms with van der Waals surface area (Å²) < 4.78 is 55.6. The maximum Gasteiger partial charge on any atom is 0.244 e. The van der Waals surface area contributed by atoms with Crippen molar-refractivity contribution in [3.05, 3.63) is 47.2 Å². The number of nitrogens with one attached hydrogen (secondary N) is 1. The Balaban J connectivity index is 2.00. The van der Waals surface area contributed by atoms with E-state index in [1.165, 1.54) is 44.6 Å². The van der Waals surface area contributed by atoms with Gasteiger partial charge in [0.15, 0.2) is 0 Å². The highest BCUT2D eigenvalue weighted by molar-refractivity contribution is 7.89. The van der Waals surface area contributed by atoms with Crippen LogP contribution in [-0.2, 0) is 10.0 Å². The Morgan fingerprint density at radius 1 is 1.08 bits per heavy atom. The third-order valence-electron chi connectivity index (χ3n) is 3.21. The van der Waals surface area contributed by atoms with Gasteiger partial charge in [-0.05, 0) is 30.3 Å². The van der Waals surface area contributed by atoms with Crippen molar-refractivity contribution in [3.63, 3.8) is 0 Å². The van der Waals surface area contributed by atoms with Gasteiger partial charge >= 0.3 is 0 Å². The van der Waals surface area contributed by atoms with Crippen LogP contribution in [0.5, 0.6) is 17.2 Å². The normalized spacial score (nSPS) is 11.2. The summed E-state index contributed by atoms with van der Waals surface area (Å²) in [7, 11) is -0.963. The maximum atomic E-state index is 13.0. The smallest absolute Gasteiger partial charge is 0.244 e. The van der Waals surface area contributed by atoms with Crippen LogP contribution >= 0.6 is 11.6 Å². The molecule has 25 heavy (non-hydrogen) atoms. The first-order valence-electron chi connectivity index (χ1n) is 7.17. The molecule has 0 amide bonds. The fourth-order valence-corrected chi connectivity index (χ4v) is 3.39. The van der Waals surface area contributed by atoms with Gasteiger partial charge in [0.05, 0.1) is 19.2 Å². The molecule has 136 valence electrons. The number of hydrogen-bond donors (Lipinski definition) is 1. The fourth-order valence-electron chi connectivity index (χ4n) is 2.00. The van der Waals surface area contributed by atoms with E-state index in [0.717, 1.165) is 6.07 Å². The van der Waals surface area contributed by atoms with E-state index >= 15 is 0 Å². The van der Waals surface area contributed by atoms with E-state index in [2.05, 4.69) is 4.72 Å². The topological polar surface area (TPSA) is 73.9 Å². The average Bonchev–Trinajstić information content (AvgIpc) is 2.59. The lowest BCUT2D eigenvalue weighted by molar-refractivity contribution is 0.322. The van der Waals surface area contributed by atoms with Gasteiger partial charge in [-0.2, -0.15) is 0 Å². The van der Waals surface area contributed by atoms with E-state index < -0.39 is 15.8 Å². The summed E-state index contributed by atoms with van der Waals surface area (Å²) in [5, 5.41) is 0.111. The number of hydrogen-bond acceptors (Lipinski definition) is 5. The van der Waals surface area contributed by atoms with Crippen LogP contribution in [0.2, 0.25) is 5.02 Å². The summed E-state index contributed by atoms with van der Waals surface area (Å²) in [6.45, 7) is 0.00821. The van der Waals surface area contributed by atoms with Gasteiger partial charge in [0.1, 0.15) is 34.6 Å². The molecule has 0 saturated heterocycles. The minimum Gasteiger partial charge on any atom is -0.497 e. The van der Waals surface area contributed by atoms with Crippen molar-refractivity contribution in [1.29, 1.82) is 0 Å². The first kappa shape index (κ1) is 19.3. The number of benzene rings is 2. The molecule has 6 nitrogen and oxygen atoms in total. The van der Waals surface area contributed by atoms with Crippen LogP contribution in [0.3, 0.4) is 0 Å². The molecule has 0 radical (unpaired) electrons. The minimum absolute atomic E-state index is 0.00871. The highest BCUT2D eigenvalue weighted by atomic mass is 35.5. The van der Waals surface area contributed by atoms with Gasteiger partial charge in [0.2, 0.25) is 10.0 Å². The molecule has 1 N–H and O–H groups in total. The van der Waals surface area contributed by atoms with E-state index in [9.17, 15) is 12.8 Å². The Kier molecular flexibility index (Phi) is 6.46. The summed E-state index contributed by atoms with van der Waals surface area (Å²) in [5.74, 6) is 0.424. The van der Waals surface area contributed by atoms with Crippen molar-refractivity contribution in [1.82, 2.24) is 4.72 Å². The lowest BCUT2D eigenvalue weighted by Gasteiger charge is -2.12. The minimum atomic E-state index is -3.80. The lowest BCUT2D eigenvalue weighted by Crippen LogP contribution is -2.28. The van der Waals surface area contributed by atoms with E-state index in [1.807, 2.05) is 0 Å². The quantitative estimate of drug-likeness (QED) is 0.703. The average molecular weight is 390 g/mol. The van der Waals surface area contributed by atoms with Crippen molar-refractivity contribution in [3.8, 4) is 17.2 Å². The number of rotatable bonds is 8. The van der Waals surface area contributed by atoms with Crippen LogP contribution in [0.4, 0.5) is 4.39 Å². The third kappa shape index (κ3) is 4.97. The highest BCUT2D eigenvalue weighted by Gasteiger charge is 2.19. The van der Waals surface area contributed by atoms with Crippen molar-refractivity contribution in [2.24, 2.45) is 0 Å². The molecule has 0 heterocycles.